The fraction of sp³-hybridized carbons (Fsp3) is 0.308. The molecule has 0 fully saturated rings. The third kappa shape index (κ3) is 2.45. The zero-order valence-electron chi connectivity index (χ0n) is 10.7. The number of rotatable bonds is 2. The van der Waals surface area contributed by atoms with E-state index in [9.17, 15) is 4.79 Å². The second-order valence-electron chi connectivity index (χ2n) is 4.13. The lowest BCUT2D eigenvalue weighted by molar-refractivity contribution is 0.0865. The third-order valence-electron chi connectivity index (χ3n) is 2.72. The van der Waals surface area contributed by atoms with Crippen LogP contribution in [0.5, 0.6) is 0 Å². The minimum atomic E-state index is -0.179. The molecule has 1 aliphatic heterocycles. The van der Waals surface area contributed by atoms with Crippen molar-refractivity contribution in [3.8, 4) is 0 Å². The van der Waals surface area contributed by atoms with Crippen LogP contribution in [0, 0.1) is 13.3 Å². The van der Waals surface area contributed by atoms with E-state index >= 15 is 0 Å². The van der Waals surface area contributed by atoms with Crippen molar-refractivity contribution in [3.05, 3.63) is 36.0 Å². The molecule has 1 amide bonds. The quantitative estimate of drug-likeness (QED) is 0.795. The van der Waals surface area contributed by atoms with Crippen molar-refractivity contribution in [3.63, 3.8) is 0 Å². The number of carbonyl (C=O) groups is 1. The highest BCUT2D eigenvalue weighted by atomic mass is 16.2. The standard InChI is InChI=1S/C13H15N4O/c1-4-10-8-12(16-15-10)17(3)13(18)11-7-9(2)5-6-14-11/h5-8H,4H2,1-3H3. The molecule has 5 nitrogen and oxygen atoms in total. The molecule has 2 heterocycles. The summed E-state index contributed by atoms with van der Waals surface area (Å²) in [7, 11) is 1.68. The average molecular weight is 243 g/mol. The van der Waals surface area contributed by atoms with Crippen molar-refractivity contribution in [2.75, 3.05) is 7.05 Å². The Morgan fingerprint density at radius 1 is 1.39 bits per heavy atom. The van der Waals surface area contributed by atoms with Gasteiger partial charge in [-0.2, -0.15) is 5.10 Å². The van der Waals surface area contributed by atoms with Crippen molar-refractivity contribution >= 4 is 17.5 Å². The third-order valence-corrected chi connectivity index (χ3v) is 2.72. The Bertz CT molecular complexity index is 534. The molecule has 0 saturated carbocycles. The Morgan fingerprint density at radius 2 is 2.17 bits per heavy atom. The largest absolute Gasteiger partial charge is 0.296 e. The van der Waals surface area contributed by atoms with Gasteiger partial charge in [-0.05, 0) is 31.0 Å². The number of pyridine rings is 1. The second-order valence-corrected chi connectivity index (χ2v) is 4.13. The number of nitrogens with zero attached hydrogens (tertiary/aromatic N) is 4. The van der Waals surface area contributed by atoms with Crippen molar-refractivity contribution in [1.82, 2.24) is 9.88 Å². The van der Waals surface area contributed by atoms with E-state index in [2.05, 4.69) is 15.2 Å². The fourth-order valence-corrected chi connectivity index (χ4v) is 1.59. The molecule has 5 heteroatoms. The number of amidine groups is 1. The van der Waals surface area contributed by atoms with Gasteiger partial charge in [-0.25, -0.2) is 0 Å². The van der Waals surface area contributed by atoms with E-state index in [0.29, 0.717) is 11.5 Å². The number of aryl methyl sites for hydroxylation is 1. The summed E-state index contributed by atoms with van der Waals surface area (Å²) >= 11 is 0. The fourth-order valence-electron chi connectivity index (χ4n) is 1.59. The molecule has 1 radical (unpaired) electrons. The lowest BCUT2D eigenvalue weighted by Crippen LogP contribution is -2.34. The van der Waals surface area contributed by atoms with Crippen LogP contribution in [0.3, 0.4) is 0 Å². The summed E-state index contributed by atoms with van der Waals surface area (Å²) in [4.78, 5) is 17.7. The van der Waals surface area contributed by atoms with Gasteiger partial charge in [-0.15, -0.1) is 5.10 Å². The van der Waals surface area contributed by atoms with Crippen LogP contribution in [-0.4, -0.2) is 34.4 Å². The molecule has 0 aliphatic carbocycles. The van der Waals surface area contributed by atoms with Gasteiger partial charge in [-0.1, -0.05) is 6.92 Å². The lowest BCUT2D eigenvalue weighted by atomic mass is 10.2. The van der Waals surface area contributed by atoms with Gasteiger partial charge >= 0.3 is 0 Å². The molecule has 0 unspecified atom stereocenters. The molecule has 1 aromatic heterocycles. The van der Waals surface area contributed by atoms with Gasteiger partial charge in [0.1, 0.15) is 11.5 Å². The van der Waals surface area contributed by atoms with E-state index in [1.165, 1.54) is 4.90 Å². The maximum absolute atomic E-state index is 12.2. The predicted molar refractivity (Wildman–Crippen MR) is 70.5 cm³/mol. The van der Waals surface area contributed by atoms with Gasteiger partial charge in [0.15, 0.2) is 0 Å². The molecular weight excluding hydrogens is 228 g/mol. The molecule has 18 heavy (non-hydrogen) atoms. The number of carbonyl (C=O) groups excluding carboxylic acids is 1. The van der Waals surface area contributed by atoms with Crippen molar-refractivity contribution in [1.29, 1.82) is 0 Å². The second kappa shape index (κ2) is 5.08. The van der Waals surface area contributed by atoms with E-state index in [4.69, 9.17) is 0 Å². The molecule has 0 saturated heterocycles. The summed E-state index contributed by atoms with van der Waals surface area (Å²) in [5, 5.41) is 7.97. The minimum Gasteiger partial charge on any atom is -0.296 e. The van der Waals surface area contributed by atoms with E-state index in [1.54, 1.807) is 19.3 Å². The SMILES string of the molecule is CCC1=NN=C(N(C)C(=O)c2cc(C)ccn2)[CH]1. The first-order chi connectivity index (χ1) is 8.61. The van der Waals surface area contributed by atoms with E-state index < -0.39 is 0 Å². The van der Waals surface area contributed by atoms with E-state index in [1.807, 2.05) is 26.3 Å². The van der Waals surface area contributed by atoms with Crippen LogP contribution >= 0.6 is 0 Å². The zero-order valence-corrected chi connectivity index (χ0v) is 10.7. The highest BCUT2D eigenvalue weighted by Crippen LogP contribution is 2.10. The van der Waals surface area contributed by atoms with Gasteiger partial charge in [-0.3, -0.25) is 14.7 Å². The molecule has 1 aliphatic rings. The van der Waals surface area contributed by atoms with Crippen LogP contribution in [0.2, 0.25) is 0 Å². The first kappa shape index (κ1) is 12.4. The summed E-state index contributed by atoms with van der Waals surface area (Å²) in [5.74, 6) is 0.376. The Hall–Kier alpha value is -2.04. The molecule has 0 atom stereocenters. The molecule has 0 spiro atoms. The normalized spacial score (nSPS) is 14.2. The topological polar surface area (TPSA) is 57.9 Å². The van der Waals surface area contributed by atoms with Gasteiger partial charge in [0, 0.05) is 13.2 Å². The van der Waals surface area contributed by atoms with Crippen LogP contribution in [0.25, 0.3) is 0 Å². The summed E-state index contributed by atoms with van der Waals surface area (Å²) in [5.41, 5.74) is 2.30. The molecular formula is C13H15N4O. The monoisotopic (exact) mass is 243 g/mol. The first-order valence-electron chi connectivity index (χ1n) is 5.81. The predicted octanol–water partition coefficient (Wildman–Crippen LogP) is 1.84. The van der Waals surface area contributed by atoms with Gasteiger partial charge in [0.25, 0.3) is 5.91 Å². The maximum Gasteiger partial charge on any atom is 0.277 e. The van der Waals surface area contributed by atoms with Crippen molar-refractivity contribution in [2.45, 2.75) is 20.3 Å². The van der Waals surface area contributed by atoms with Crippen molar-refractivity contribution in [2.24, 2.45) is 10.2 Å². The summed E-state index contributed by atoms with van der Waals surface area (Å²) in [6, 6.07) is 3.62. The number of hydrogen-bond donors (Lipinski definition) is 0. The molecule has 0 aromatic carbocycles. The number of amides is 1. The van der Waals surface area contributed by atoms with Gasteiger partial charge in [0.2, 0.25) is 0 Å². The van der Waals surface area contributed by atoms with Crippen LogP contribution in [0.4, 0.5) is 0 Å². The van der Waals surface area contributed by atoms with Gasteiger partial charge in [0.05, 0.1) is 12.1 Å². The van der Waals surface area contributed by atoms with Crippen LogP contribution in [0.1, 0.15) is 29.4 Å². The average Bonchev–Trinajstić information content (AvgIpc) is 2.85. The smallest absolute Gasteiger partial charge is 0.277 e. The van der Waals surface area contributed by atoms with Crippen LogP contribution < -0.4 is 0 Å². The first-order valence-corrected chi connectivity index (χ1v) is 5.81. The lowest BCUT2D eigenvalue weighted by Gasteiger charge is -2.15. The molecule has 0 bridgehead atoms. The highest BCUT2D eigenvalue weighted by molar-refractivity contribution is 6.21. The molecule has 93 valence electrons. The minimum absolute atomic E-state index is 0.179. The summed E-state index contributed by atoms with van der Waals surface area (Å²) in [6.45, 7) is 3.92. The summed E-state index contributed by atoms with van der Waals surface area (Å²) < 4.78 is 0. The van der Waals surface area contributed by atoms with Gasteiger partial charge < -0.3 is 0 Å². The molecule has 2 rings (SSSR count). The number of hydrogen-bond acceptors (Lipinski definition) is 4. The van der Waals surface area contributed by atoms with E-state index in [-0.39, 0.29) is 5.91 Å². The summed E-state index contributed by atoms with van der Waals surface area (Å²) in [6.07, 6.45) is 4.25. The van der Waals surface area contributed by atoms with Crippen molar-refractivity contribution < 1.29 is 4.79 Å². The van der Waals surface area contributed by atoms with Crippen LogP contribution in [-0.2, 0) is 0 Å². The zero-order chi connectivity index (χ0) is 13.1. The Labute approximate surface area is 106 Å². The maximum atomic E-state index is 12.2. The Morgan fingerprint density at radius 3 is 2.78 bits per heavy atom. The molecule has 1 aromatic rings. The number of aromatic nitrogens is 1. The Kier molecular flexibility index (Phi) is 3.50. The highest BCUT2D eigenvalue weighted by Gasteiger charge is 2.22. The van der Waals surface area contributed by atoms with Crippen LogP contribution in [0.15, 0.2) is 28.5 Å². The van der Waals surface area contributed by atoms with E-state index in [0.717, 1.165) is 17.7 Å². The molecule has 0 N–H and O–H groups in total. The Balaban J connectivity index is 2.11.